The van der Waals surface area contributed by atoms with Gasteiger partial charge in [0.25, 0.3) is 0 Å². The summed E-state index contributed by atoms with van der Waals surface area (Å²) >= 11 is 4.84. The van der Waals surface area contributed by atoms with Crippen LogP contribution in [0.4, 0.5) is 0 Å². The highest BCUT2D eigenvalue weighted by Gasteiger charge is 2.17. The average Bonchev–Trinajstić information content (AvgIpc) is 2.25. The molecule has 88 valence electrons. The fourth-order valence-corrected chi connectivity index (χ4v) is 2.15. The molecule has 1 heterocycles. The molecule has 4 heteroatoms. The van der Waals surface area contributed by atoms with Crippen LogP contribution in [0.1, 0.15) is 32.1 Å². The van der Waals surface area contributed by atoms with Gasteiger partial charge in [-0.15, -0.1) is 0 Å². The lowest BCUT2D eigenvalue weighted by Crippen LogP contribution is -2.37. The van der Waals surface area contributed by atoms with Crippen LogP contribution in [-0.4, -0.2) is 42.7 Å². The molecule has 0 amide bonds. The summed E-state index contributed by atoms with van der Waals surface area (Å²) in [7, 11) is 1.81. The molecule has 0 radical (unpaired) electrons. The van der Waals surface area contributed by atoms with Gasteiger partial charge in [0.15, 0.2) is 0 Å². The third-order valence-electron chi connectivity index (χ3n) is 3.02. The summed E-state index contributed by atoms with van der Waals surface area (Å²) in [5.74, 6) is 0. The second-order valence-electron chi connectivity index (χ2n) is 4.20. The Morgan fingerprint density at radius 2 is 2.07 bits per heavy atom. The van der Waals surface area contributed by atoms with E-state index < -0.39 is 0 Å². The average molecular weight is 230 g/mol. The Labute approximate surface area is 98.0 Å². The zero-order valence-electron chi connectivity index (χ0n) is 9.58. The Balaban J connectivity index is 2.01. The van der Waals surface area contributed by atoms with Crippen LogP contribution in [-0.2, 0) is 4.74 Å². The van der Waals surface area contributed by atoms with Gasteiger partial charge in [-0.3, -0.25) is 0 Å². The molecule has 0 aliphatic carbocycles. The van der Waals surface area contributed by atoms with Crippen LogP contribution in [0, 0.1) is 0 Å². The third kappa shape index (κ3) is 5.44. The highest BCUT2D eigenvalue weighted by molar-refractivity contribution is 7.80. The predicted octanol–water partition coefficient (Wildman–Crippen LogP) is 1.55. The van der Waals surface area contributed by atoms with Crippen molar-refractivity contribution >= 4 is 17.2 Å². The second kappa shape index (κ2) is 7.14. The Morgan fingerprint density at radius 3 is 2.60 bits per heavy atom. The monoisotopic (exact) mass is 230 g/mol. The fourth-order valence-electron chi connectivity index (χ4n) is 2.00. The summed E-state index contributed by atoms with van der Waals surface area (Å²) in [6, 6.07) is 0. The summed E-state index contributed by atoms with van der Waals surface area (Å²) in [5, 5.41) is 0. The Bertz CT molecular complexity index is 191. The molecule has 1 aliphatic heterocycles. The summed E-state index contributed by atoms with van der Waals surface area (Å²) in [6.45, 7) is 3.52. The maximum atomic E-state index is 5.45. The van der Waals surface area contributed by atoms with Crippen molar-refractivity contribution in [2.75, 3.05) is 26.7 Å². The van der Waals surface area contributed by atoms with Gasteiger partial charge in [-0.2, -0.15) is 0 Å². The SMILES string of the molecule is COC1CCN(CCCCC(N)=S)CC1. The van der Waals surface area contributed by atoms with Crippen molar-refractivity contribution in [3.05, 3.63) is 0 Å². The summed E-state index contributed by atoms with van der Waals surface area (Å²) in [5.41, 5.74) is 5.45. The molecule has 1 aliphatic rings. The molecule has 1 saturated heterocycles. The van der Waals surface area contributed by atoms with Gasteiger partial charge in [0.1, 0.15) is 0 Å². The molecule has 0 spiro atoms. The van der Waals surface area contributed by atoms with Crippen LogP contribution >= 0.6 is 12.2 Å². The maximum absolute atomic E-state index is 5.45. The molecule has 0 atom stereocenters. The lowest BCUT2D eigenvalue weighted by atomic mass is 10.1. The van der Waals surface area contributed by atoms with Gasteiger partial charge in [-0.25, -0.2) is 0 Å². The minimum absolute atomic E-state index is 0.484. The number of hydrogen-bond donors (Lipinski definition) is 1. The Morgan fingerprint density at radius 1 is 1.40 bits per heavy atom. The van der Waals surface area contributed by atoms with E-state index in [1.807, 2.05) is 7.11 Å². The summed E-state index contributed by atoms with van der Waals surface area (Å²) in [4.78, 5) is 3.16. The first-order valence-electron chi connectivity index (χ1n) is 5.76. The van der Waals surface area contributed by atoms with E-state index in [9.17, 15) is 0 Å². The van der Waals surface area contributed by atoms with E-state index in [1.54, 1.807) is 0 Å². The Hall–Kier alpha value is -0.190. The van der Waals surface area contributed by atoms with Gasteiger partial charge >= 0.3 is 0 Å². The highest BCUT2D eigenvalue weighted by Crippen LogP contribution is 2.13. The molecule has 0 aromatic rings. The molecule has 2 N–H and O–H groups in total. The smallest absolute Gasteiger partial charge is 0.0727 e. The van der Waals surface area contributed by atoms with Crippen LogP contribution in [0.5, 0.6) is 0 Å². The van der Waals surface area contributed by atoms with Crippen LogP contribution < -0.4 is 5.73 Å². The number of unbranched alkanes of at least 4 members (excludes halogenated alkanes) is 1. The van der Waals surface area contributed by atoms with E-state index in [0.29, 0.717) is 11.1 Å². The van der Waals surface area contributed by atoms with Crippen molar-refractivity contribution in [3.8, 4) is 0 Å². The van der Waals surface area contributed by atoms with Crippen molar-refractivity contribution in [2.24, 2.45) is 5.73 Å². The van der Waals surface area contributed by atoms with Gasteiger partial charge in [0, 0.05) is 20.2 Å². The molecule has 0 saturated carbocycles. The molecule has 1 rings (SSSR count). The first-order valence-corrected chi connectivity index (χ1v) is 6.16. The minimum atomic E-state index is 0.484. The second-order valence-corrected chi connectivity index (χ2v) is 4.72. The van der Waals surface area contributed by atoms with Gasteiger partial charge in [0.05, 0.1) is 11.1 Å². The first kappa shape index (κ1) is 12.9. The van der Waals surface area contributed by atoms with Crippen molar-refractivity contribution in [1.82, 2.24) is 4.90 Å². The third-order valence-corrected chi connectivity index (χ3v) is 3.22. The zero-order valence-corrected chi connectivity index (χ0v) is 10.4. The van der Waals surface area contributed by atoms with E-state index in [2.05, 4.69) is 4.90 Å². The quantitative estimate of drug-likeness (QED) is 0.555. The lowest BCUT2D eigenvalue weighted by molar-refractivity contribution is 0.0408. The minimum Gasteiger partial charge on any atom is -0.393 e. The number of piperidine rings is 1. The van der Waals surface area contributed by atoms with Crippen LogP contribution in [0.3, 0.4) is 0 Å². The number of rotatable bonds is 6. The van der Waals surface area contributed by atoms with E-state index in [0.717, 1.165) is 12.8 Å². The molecular formula is C11H22N2OS. The fraction of sp³-hybridized carbons (Fsp3) is 0.909. The maximum Gasteiger partial charge on any atom is 0.0727 e. The van der Waals surface area contributed by atoms with Gasteiger partial charge in [0.2, 0.25) is 0 Å². The predicted molar refractivity (Wildman–Crippen MR) is 67.1 cm³/mol. The highest BCUT2D eigenvalue weighted by atomic mass is 32.1. The number of nitrogens with zero attached hydrogens (tertiary/aromatic N) is 1. The van der Waals surface area contributed by atoms with Crippen LogP contribution in [0.2, 0.25) is 0 Å². The number of hydrogen-bond acceptors (Lipinski definition) is 3. The summed E-state index contributed by atoms with van der Waals surface area (Å²) < 4.78 is 5.34. The zero-order chi connectivity index (χ0) is 11.1. The van der Waals surface area contributed by atoms with Crippen molar-refractivity contribution in [3.63, 3.8) is 0 Å². The van der Waals surface area contributed by atoms with Gasteiger partial charge in [-0.1, -0.05) is 12.2 Å². The molecule has 1 fully saturated rings. The molecule has 0 aromatic heterocycles. The largest absolute Gasteiger partial charge is 0.393 e. The number of nitrogens with two attached hydrogens (primary N) is 1. The number of thiocarbonyl (C=S) groups is 1. The van der Waals surface area contributed by atoms with Crippen LogP contribution in [0.25, 0.3) is 0 Å². The standard InChI is InChI=1S/C11H22N2OS/c1-14-10-5-8-13(9-6-10)7-3-2-4-11(12)15/h10H,2-9H2,1H3,(H2,12,15). The number of ether oxygens (including phenoxy) is 1. The number of methoxy groups -OCH3 is 1. The lowest BCUT2D eigenvalue weighted by Gasteiger charge is -2.31. The van der Waals surface area contributed by atoms with E-state index in [4.69, 9.17) is 22.7 Å². The van der Waals surface area contributed by atoms with Crippen LogP contribution in [0.15, 0.2) is 0 Å². The first-order chi connectivity index (χ1) is 7.22. The molecule has 15 heavy (non-hydrogen) atoms. The topological polar surface area (TPSA) is 38.5 Å². The van der Waals surface area contributed by atoms with E-state index in [-0.39, 0.29) is 0 Å². The van der Waals surface area contributed by atoms with Crippen molar-refractivity contribution < 1.29 is 4.74 Å². The number of likely N-dealkylation sites (tertiary alicyclic amines) is 1. The molecule has 3 nitrogen and oxygen atoms in total. The molecular weight excluding hydrogens is 208 g/mol. The molecule has 0 unspecified atom stereocenters. The van der Waals surface area contributed by atoms with Crippen molar-refractivity contribution in [1.29, 1.82) is 0 Å². The van der Waals surface area contributed by atoms with Gasteiger partial charge in [-0.05, 0) is 38.6 Å². The van der Waals surface area contributed by atoms with Crippen molar-refractivity contribution in [2.45, 2.75) is 38.2 Å². The normalized spacial score (nSPS) is 19.3. The van der Waals surface area contributed by atoms with E-state index in [1.165, 1.54) is 38.9 Å². The van der Waals surface area contributed by atoms with Gasteiger partial charge < -0.3 is 15.4 Å². The van der Waals surface area contributed by atoms with E-state index >= 15 is 0 Å². The Kier molecular flexibility index (Phi) is 6.13. The molecule has 0 bridgehead atoms. The molecule has 0 aromatic carbocycles. The summed E-state index contributed by atoms with van der Waals surface area (Å²) in [6.07, 6.45) is 6.05.